The average molecular weight is 269 g/mol. The Morgan fingerprint density at radius 3 is 2.30 bits per heavy atom. The van der Waals surface area contributed by atoms with Gasteiger partial charge in [0.05, 0.1) is 5.60 Å². The van der Waals surface area contributed by atoms with Gasteiger partial charge < -0.3 is 10.0 Å². The highest BCUT2D eigenvalue weighted by atomic mass is 16.3. The molecule has 1 saturated heterocycles. The molecular weight excluding hydrogens is 246 g/mol. The van der Waals surface area contributed by atoms with E-state index in [4.69, 9.17) is 0 Å². The minimum atomic E-state index is -0.657. The van der Waals surface area contributed by atoms with Crippen molar-refractivity contribution in [3.8, 4) is 0 Å². The highest BCUT2D eigenvalue weighted by Crippen LogP contribution is 2.34. The minimum Gasteiger partial charge on any atom is -0.385 e. The summed E-state index contributed by atoms with van der Waals surface area (Å²) >= 11 is 0. The van der Waals surface area contributed by atoms with E-state index in [1.54, 1.807) is 0 Å². The van der Waals surface area contributed by atoms with Gasteiger partial charge in [0.25, 0.3) is 0 Å². The maximum absolute atomic E-state index is 11.0. The van der Waals surface area contributed by atoms with Crippen LogP contribution < -0.4 is 0 Å². The summed E-state index contributed by atoms with van der Waals surface area (Å²) in [7, 11) is 0. The molecule has 0 bridgehead atoms. The first-order valence-electron chi connectivity index (χ1n) is 7.54. The molecule has 106 valence electrons. The van der Waals surface area contributed by atoms with E-state index in [1.807, 2.05) is 0 Å². The van der Waals surface area contributed by atoms with Crippen LogP contribution in [0.3, 0.4) is 0 Å². The van der Waals surface area contributed by atoms with Gasteiger partial charge in [0, 0.05) is 19.1 Å². The van der Waals surface area contributed by atoms with Gasteiger partial charge in [0.2, 0.25) is 0 Å². The molecular formula is C18H23NO. The lowest BCUT2D eigenvalue weighted by Crippen LogP contribution is -2.45. The van der Waals surface area contributed by atoms with Crippen molar-refractivity contribution in [1.29, 1.82) is 0 Å². The van der Waals surface area contributed by atoms with Gasteiger partial charge in [-0.1, -0.05) is 36.4 Å². The highest BCUT2D eigenvalue weighted by molar-refractivity contribution is 5.83. The summed E-state index contributed by atoms with van der Waals surface area (Å²) in [5.74, 6) is 0. The number of rotatable bonds is 2. The van der Waals surface area contributed by atoms with Crippen molar-refractivity contribution in [2.75, 3.05) is 13.1 Å². The van der Waals surface area contributed by atoms with Crippen LogP contribution in [-0.2, 0) is 5.60 Å². The Hall–Kier alpha value is -1.38. The maximum atomic E-state index is 11.0. The predicted molar refractivity (Wildman–Crippen MR) is 83.8 cm³/mol. The number of nitrogens with zero attached hydrogens (tertiary/aromatic N) is 1. The number of hydrogen-bond acceptors (Lipinski definition) is 2. The van der Waals surface area contributed by atoms with Gasteiger partial charge in [-0.05, 0) is 49.1 Å². The van der Waals surface area contributed by atoms with Gasteiger partial charge in [-0.25, -0.2) is 0 Å². The van der Waals surface area contributed by atoms with Gasteiger partial charge >= 0.3 is 0 Å². The topological polar surface area (TPSA) is 23.5 Å². The van der Waals surface area contributed by atoms with Crippen molar-refractivity contribution in [1.82, 2.24) is 4.90 Å². The van der Waals surface area contributed by atoms with Crippen LogP contribution >= 0.6 is 0 Å². The van der Waals surface area contributed by atoms with Crippen LogP contribution in [0.5, 0.6) is 0 Å². The molecule has 0 spiro atoms. The van der Waals surface area contributed by atoms with Crippen LogP contribution in [0.4, 0.5) is 0 Å². The maximum Gasteiger partial charge on any atom is 0.0921 e. The Morgan fingerprint density at radius 1 is 1.00 bits per heavy atom. The Bertz CT molecular complexity index is 597. The van der Waals surface area contributed by atoms with E-state index in [1.165, 1.54) is 10.8 Å². The SMILES string of the molecule is CC(C)N1CCC(O)(c2ccc3ccccc3c2)CC1. The van der Waals surface area contributed by atoms with Crippen LogP contribution in [0.25, 0.3) is 10.8 Å². The molecule has 1 fully saturated rings. The quantitative estimate of drug-likeness (QED) is 0.901. The first-order chi connectivity index (χ1) is 9.58. The summed E-state index contributed by atoms with van der Waals surface area (Å²) in [6, 6.07) is 15.3. The Labute approximate surface area is 121 Å². The molecule has 1 N–H and O–H groups in total. The standard InChI is InChI=1S/C18H23NO/c1-14(2)19-11-9-18(20,10-12-19)17-8-7-15-5-3-4-6-16(15)13-17/h3-8,13-14,20H,9-12H2,1-2H3. The van der Waals surface area contributed by atoms with E-state index >= 15 is 0 Å². The fourth-order valence-electron chi connectivity index (χ4n) is 3.18. The summed E-state index contributed by atoms with van der Waals surface area (Å²) in [6.07, 6.45) is 1.65. The number of piperidine rings is 1. The zero-order valence-corrected chi connectivity index (χ0v) is 12.3. The lowest BCUT2D eigenvalue weighted by Gasteiger charge is -2.40. The fourth-order valence-corrected chi connectivity index (χ4v) is 3.18. The molecule has 0 radical (unpaired) electrons. The third-order valence-corrected chi connectivity index (χ3v) is 4.64. The normalized spacial score (nSPS) is 19.6. The van der Waals surface area contributed by atoms with Crippen LogP contribution in [0.1, 0.15) is 32.3 Å². The van der Waals surface area contributed by atoms with E-state index in [2.05, 4.69) is 61.2 Å². The molecule has 0 amide bonds. The summed E-state index contributed by atoms with van der Waals surface area (Å²) in [6.45, 7) is 6.39. The molecule has 20 heavy (non-hydrogen) atoms. The molecule has 1 aliphatic rings. The molecule has 1 aliphatic heterocycles. The second kappa shape index (κ2) is 5.19. The third-order valence-electron chi connectivity index (χ3n) is 4.64. The van der Waals surface area contributed by atoms with E-state index in [0.717, 1.165) is 31.5 Å². The van der Waals surface area contributed by atoms with Crippen LogP contribution in [0, 0.1) is 0 Å². The molecule has 2 aromatic carbocycles. The van der Waals surface area contributed by atoms with Crippen molar-refractivity contribution < 1.29 is 5.11 Å². The zero-order chi connectivity index (χ0) is 14.2. The second-order valence-electron chi connectivity index (χ2n) is 6.22. The third kappa shape index (κ3) is 2.46. The van der Waals surface area contributed by atoms with Crippen molar-refractivity contribution in [3.63, 3.8) is 0 Å². The Morgan fingerprint density at radius 2 is 1.65 bits per heavy atom. The number of likely N-dealkylation sites (tertiary alicyclic amines) is 1. The smallest absolute Gasteiger partial charge is 0.0921 e. The molecule has 0 unspecified atom stereocenters. The molecule has 3 rings (SSSR count). The molecule has 0 aliphatic carbocycles. The molecule has 2 heteroatoms. The number of fused-ring (bicyclic) bond motifs is 1. The monoisotopic (exact) mass is 269 g/mol. The van der Waals surface area contributed by atoms with E-state index in [-0.39, 0.29) is 0 Å². The highest BCUT2D eigenvalue weighted by Gasteiger charge is 2.34. The molecule has 0 aromatic heterocycles. The Kier molecular flexibility index (Phi) is 3.53. The number of benzene rings is 2. The Balaban J connectivity index is 1.87. The average Bonchev–Trinajstić information content (AvgIpc) is 2.47. The van der Waals surface area contributed by atoms with Gasteiger partial charge in [-0.2, -0.15) is 0 Å². The van der Waals surface area contributed by atoms with Crippen molar-refractivity contribution in [2.24, 2.45) is 0 Å². The van der Waals surface area contributed by atoms with E-state index < -0.39 is 5.60 Å². The van der Waals surface area contributed by atoms with Gasteiger partial charge in [-0.15, -0.1) is 0 Å². The molecule has 0 atom stereocenters. The molecule has 2 nitrogen and oxygen atoms in total. The first-order valence-corrected chi connectivity index (χ1v) is 7.54. The molecule has 2 aromatic rings. The van der Waals surface area contributed by atoms with Crippen LogP contribution in [0.2, 0.25) is 0 Å². The number of aliphatic hydroxyl groups is 1. The molecule has 0 saturated carbocycles. The molecule has 1 heterocycles. The minimum absolute atomic E-state index is 0.566. The van der Waals surface area contributed by atoms with Crippen LogP contribution in [-0.4, -0.2) is 29.1 Å². The zero-order valence-electron chi connectivity index (χ0n) is 12.3. The lowest BCUT2D eigenvalue weighted by atomic mass is 9.83. The summed E-state index contributed by atoms with van der Waals surface area (Å²) in [4.78, 5) is 2.44. The van der Waals surface area contributed by atoms with Gasteiger partial charge in [0.15, 0.2) is 0 Å². The summed E-state index contributed by atoms with van der Waals surface area (Å²) < 4.78 is 0. The van der Waals surface area contributed by atoms with E-state index in [9.17, 15) is 5.11 Å². The van der Waals surface area contributed by atoms with Crippen molar-refractivity contribution in [2.45, 2.75) is 38.3 Å². The lowest BCUT2D eigenvalue weighted by molar-refractivity contribution is -0.0322. The fraction of sp³-hybridized carbons (Fsp3) is 0.444. The van der Waals surface area contributed by atoms with Gasteiger partial charge in [0.1, 0.15) is 0 Å². The van der Waals surface area contributed by atoms with Crippen LogP contribution in [0.15, 0.2) is 42.5 Å². The number of hydrogen-bond donors (Lipinski definition) is 1. The summed E-state index contributed by atoms with van der Waals surface area (Å²) in [5, 5.41) is 13.4. The van der Waals surface area contributed by atoms with Crippen molar-refractivity contribution in [3.05, 3.63) is 48.0 Å². The first kappa shape index (κ1) is 13.6. The largest absolute Gasteiger partial charge is 0.385 e. The van der Waals surface area contributed by atoms with Gasteiger partial charge in [-0.3, -0.25) is 0 Å². The van der Waals surface area contributed by atoms with Crippen molar-refractivity contribution >= 4 is 10.8 Å². The predicted octanol–water partition coefficient (Wildman–Crippen LogP) is 3.53. The second-order valence-corrected chi connectivity index (χ2v) is 6.22. The van der Waals surface area contributed by atoms with E-state index in [0.29, 0.717) is 6.04 Å². The summed E-state index contributed by atoms with van der Waals surface area (Å²) in [5.41, 5.74) is 0.412.